The summed E-state index contributed by atoms with van der Waals surface area (Å²) in [6.45, 7) is 2.93. The van der Waals surface area contributed by atoms with Gasteiger partial charge in [0.15, 0.2) is 11.9 Å². The molecule has 0 aromatic rings. The van der Waals surface area contributed by atoms with E-state index in [2.05, 4.69) is 15.3 Å². The van der Waals surface area contributed by atoms with Crippen LogP contribution in [0.4, 0.5) is 0 Å². The molecule has 0 spiro atoms. The third-order valence-electron chi connectivity index (χ3n) is 2.78. The summed E-state index contributed by atoms with van der Waals surface area (Å²) in [4.78, 5) is 19.5. The highest BCUT2D eigenvalue weighted by Gasteiger charge is 2.15. The molecule has 0 saturated carbocycles. The number of amides is 1. The van der Waals surface area contributed by atoms with Crippen molar-refractivity contribution in [3.8, 4) is 0 Å². The van der Waals surface area contributed by atoms with Gasteiger partial charge in [0.05, 0.1) is 6.04 Å². The average molecular weight is 300 g/mol. The van der Waals surface area contributed by atoms with Crippen molar-refractivity contribution in [2.75, 3.05) is 13.1 Å². The molecule has 21 heavy (non-hydrogen) atoms. The van der Waals surface area contributed by atoms with Crippen molar-refractivity contribution in [2.24, 2.45) is 38.7 Å². The van der Waals surface area contributed by atoms with Crippen LogP contribution in [0.15, 0.2) is 9.98 Å². The second-order valence-corrected chi connectivity index (χ2v) is 4.91. The predicted molar refractivity (Wildman–Crippen MR) is 85.4 cm³/mol. The van der Waals surface area contributed by atoms with Crippen LogP contribution in [0.3, 0.4) is 0 Å². The number of hydrogen-bond acceptors (Lipinski definition) is 4. The average Bonchev–Trinajstić information content (AvgIpc) is 2.39. The van der Waals surface area contributed by atoms with Gasteiger partial charge in [0, 0.05) is 19.1 Å². The van der Waals surface area contributed by atoms with Gasteiger partial charge < -0.3 is 34.0 Å². The largest absolute Gasteiger partial charge is 0.370 e. The zero-order valence-corrected chi connectivity index (χ0v) is 12.6. The minimum Gasteiger partial charge on any atom is -0.370 e. The molecule has 0 aromatic heterocycles. The van der Waals surface area contributed by atoms with Crippen molar-refractivity contribution in [3.05, 3.63) is 0 Å². The molecule has 0 radical (unpaired) electrons. The van der Waals surface area contributed by atoms with Gasteiger partial charge in [0.2, 0.25) is 5.91 Å². The maximum absolute atomic E-state index is 11.8. The number of nitrogens with one attached hydrogen (secondary N) is 1. The summed E-state index contributed by atoms with van der Waals surface area (Å²) in [7, 11) is 0. The molecular formula is C12H28N8O. The molecule has 9 heteroatoms. The van der Waals surface area contributed by atoms with Gasteiger partial charge in [-0.1, -0.05) is 0 Å². The summed E-state index contributed by atoms with van der Waals surface area (Å²) in [5.41, 5.74) is 26.7. The monoisotopic (exact) mass is 300 g/mol. The van der Waals surface area contributed by atoms with Crippen LogP contribution in [0.5, 0.6) is 0 Å². The molecule has 1 amide bonds. The summed E-state index contributed by atoms with van der Waals surface area (Å²) in [5, 5.41) is 2.86. The number of carbonyl (C=O) groups is 1. The Morgan fingerprint density at radius 2 is 1.48 bits per heavy atom. The van der Waals surface area contributed by atoms with Crippen LogP contribution in [0.2, 0.25) is 0 Å². The highest BCUT2D eigenvalue weighted by molar-refractivity contribution is 5.81. The van der Waals surface area contributed by atoms with Crippen LogP contribution in [0, 0.1) is 0 Å². The second-order valence-electron chi connectivity index (χ2n) is 4.91. The predicted octanol–water partition coefficient (Wildman–Crippen LogP) is -2.07. The lowest BCUT2D eigenvalue weighted by atomic mass is 10.1. The molecule has 0 bridgehead atoms. The van der Waals surface area contributed by atoms with Crippen LogP contribution >= 0.6 is 0 Å². The number of carbonyl (C=O) groups excluding carboxylic acids is 1. The Morgan fingerprint density at radius 3 is 1.95 bits per heavy atom. The van der Waals surface area contributed by atoms with E-state index in [1.165, 1.54) is 0 Å². The number of rotatable bonds is 10. The van der Waals surface area contributed by atoms with Gasteiger partial charge in [-0.25, -0.2) is 0 Å². The SMILES string of the molecule is C[C@H](CCCN=C(N)N)NC(=O)[C@@H](N)CCCN=C(N)N. The summed E-state index contributed by atoms with van der Waals surface area (Å²) in [5.74, 6) is -0.0500. The molecular weight excluding hydrogens is 272 g/mol. The Balaban J connectivity index is 3.84. The highest BCUT2D eigenvalue weighted by atomic mass is 16.2. The van der Waals surface area contributed by atoms with E-state index in [1.54, 1.807) is 0 Å². The van der Waals surface area contributed by atoms with E-state index in [0.717, 1.165) is 12.8 Å². The second kappa shape index (κ2) is 10.7. The first-order valence-electron chi connectivity index (χ1n) is 6.99. The molecule has 0 aromatic carbocycles. The minimum absolute atomic E-state index is 0.0236. The number of hydrogen-bond donors (Lipinski definition) is 6. The van der Waals surface area contributed by atoms with Crippen LogP contribution in [-0.2, 0) is 4.79 Å². The maximum Gasteiger partial charge on any atom is 0.237 e. The quantitative estimate of drug-likeness (QED) is 0.153. The normalized spacial score (nSPS) is 13.0. The molecule has 11 N–H and O–H groups in total. The molecule has 0 aliphatic rings. The first-order valence-corrected chi connectivity index (χ1v) is 6.99. The third-order valence-corrected chi connectivity index (χ3v) is 2.78. The fourth-order valence-corrected chi connectivity index (χ4v) is 1.68. The summed E-state index contributed by atoms with van der Waals surface area (Å²) in [6.07, 6.45) is 2.76. The number of aliphatic imine (C=N–C) groups is 2. The molecule has 0 unspecified atom stereocenters. The van der Waals surface area contributed by atoms with Crippen LogP contribution in [0.25, 0.3) is 0 Å². The van der Waals surface area contributed by atoms with Gasteiger partial charge in [-0.05, 0) is 32.6 Å². The van der Waals surface area contributed by atoms with E-state index >= 15 is 0 Å². The Kier molecular flexibility index (Phi) is 9.69. The minimum atomic E-state index is -0.556. The van der Waals surface area contributed by atoms with Gasteiger partial charge in [-0.2, -0.15) is 0 Å². The van der Waals surface area contributed by atoms with Crippen LogP contribution in [-0.4, -0.2) is 43.0 Å². The van der Waals surface area contributed by atoms with E-state index < -0.39 is 6.04 Å². The molecule has 0 rings (SSSR count). The van der Waals surface area contributed by atoms with E-state index in [4.69, 9.17) is 28.7 Å². The zero-order chi connectivity index (χ0) is 16.3. The van der Waals surface area contributed by atoms with Gasteiger partial charge in [-0.3, -0.25) is 14.8 Å². The first-order chi connectivity index (χ1) is 9.82. The lowest BCUT2D eigenvalue weighted by Crippen LogP contribution is -2.44. The van der Waals surface area contributed by atoms with E-state index in [1.807, 2.05) is 6.92 Å². The topological polar surface area (TPSA) is 184 Å². The first kappa shape index (κ1) is 19.0. The number of nitrogens with zero attached hydrogens (tertiary/aromatic N) is 2. The highest BCUT2D eigenvalue weighted by Crippen LogP contribution is 2.00. The number of nitrogens with two attached hydrogens (primary N) is 5. The molecule has 0 saturated heterocycles. The zero-order valence-electron chi connectivity index (χ0n) is 12.6. The smallest absolute Gasteiger partial charge is 0.237 e. The third kappa shape index (κ3) is 11.5. The van der Waals surface area contributed by atoms with Crippen molar-refractivity contribution in [1.82, 2.24) is 5.32 Å². The Hall–Kier alpha value is -2.03. The lowest BCUT2D eigenvalue weighted by molar-refractivity contribution is -0.123. The molecule has 9 nitrogen and oxygen atoms in total. The van der Waals surface area contributed by atoms with Crippen molar-refractivity contribution in [1.29, 1.82) is 0 Å². The van der Waals surface area contributed by atoms with Crippen LogP contribution in [0.1, 0.15) is 32.6 Å². The Morgan fingerprint density at radius 1 is 1.00 bits per heavy atom. The van der Waals surface area contributed by atoms with Crippen LogP contribution < -0.4 is 34.0 Å². The fraction of sp³-hybridized carbons (Fsp3) is 0.750. The molecule has 0 aliphatic carbocycles. The summed E-state index contributed by atoms with van der Waals surface area (Å²) >= 11 is 0. The molecule has 122 valence electrons. The Labute approximate surface area is 125 Å². The fourth-order valence-electron chi connectivity index (χ4n) is 1.68. The van der Waals surface area contributed by atoms with Gasteiger partial charge in [0.25, 0.3) is 0 Å². The van der Waals surface area contributed by atoms with E-state index in [-0.39, 0.29) is 23.9 Å². The van der Waals surface area contributed by atoms with Crippen molar-refractivity contribution in [3.63, 3.8) is 0 Å². The summed E-state index contributed by atoms with van der Waals surface area (Å²) < 4.78 is 0. The van der Waals surface area contributed by atoms with E-state index in [0.29, 0.717) is 25.9 Å². The van der Waals surface area contributed by atoms with Gasteiger partial charge in [0.1, 0.15) is 0 Å². The van der Waals surface area contributed by atoms with E-state index in [9.17, 15) is 4.79 Å². The number of guanidine groups is 2. The maximum atomic E-state index is 11.8. The van der Waals surface area contributed by atoms with Crippen molar-refractivity contribution < 1.29 is 4.79 Å². The molecule has 0 aliphatic heterocycles. The standard InChI is InChI=1S/C12H28N8O/c1-8(4-2-6-18-11(14)15)20-10(21)9(13)5-3-7-19-12(16)17/h8-9H,2-7,13H2,1H3,(H,20,21)(H4,14,15,18)(H4,16,17,19)/t8-,9+/m1/s1. The Bertz CT molecular complexity index is 360. The van der Waals surface area contributed by atoms with Gasteiger partial charge >= 0.3 is 0 Å². The summed E-state index contributed by atoms with van der Waals surface area (Å²) in [6, 6.07) is -0.533. The van der Waals surface area contributed by atoms with Crippen molar-refractivity contribution in [2.45, 2.75) is 44.7 Å². The molecule has 0 fully saturated rings. The van der Waals surface area contributed by atoms with Crippen molar-refractivity contribution >= 4 is 17.8 Å². The molecule has 0 heterocycles. The molecule has 2 atom stereocenters. The lowest BCUT2D eigenvalue weighted by Gasteiger charge is -2.17. The van der Waals surface area contributed by atoms with Gasteiger partial charge in [-0.15, -0.1) is 0 Å².